The first-order valence-corrected chi connectivity index (χ1v) is 8.84. The first-order valence-electron chi connectivity index (χ1n) is 8.46. The number of carbonyl (C=O) groups excluding carboxylic acids is 1. The zero-order valence-electron chi connectivity index (χ0n) is 14.8. The number of ether oxygens (including phenoxy) is 1. The third-order valence-electron chi connectivity index (χ3n) is 4.79. The molecule has 2 N–H and O–H groups in total. The lowest BCUT2D eigenvalue weighted by Crippen LogP contribution is -2.36. The number of benzene rings is 2. The normalized spacial score (nSPS) is 19.1. The lowest BCUT2D eigenvalue weighted by atomic mass is 9.90. The first-order chi connectivity index (χ1) is 12.0. The fourth-order valence-corrected chi connectivity index (χ4v) is 3.30. The molecule has 0 radical (unpaired) electrons. The van der Waals surface area contributed by atoms with Gasteiger partial charge in [0, 0.05) is 13.1 Å². The predicted octanol–water partition coefficient (Wildman–Crippen LogP) is 4.00. The molecule has 4 nitrogen and oxygen atoms in total. The minimum Gasteiger partial charge on any atom is -0.482 e. The Morgan fingerprint density at radius 3 is 2.58 bits per heavy atom. The average Bonchev–Trinajstić information content (AvgIpc) is 3.04. The predicted molar refractivity (Wildman–Crippen MR) is 108 cm³/mol. The van der Waals surface area contributed by atoms with Gasteiger partial charge in [0.05, 0.1) is 5.02 Å². The average molecular weight is 395 g/mol. The van der Waals surface area contributed by atoms with Gasteiger partial charge >= 0.3 is 0 Å². The largest absolute Gasteiger partial charge is 0.482 e. The Bertz CT molecular complexity index is 755. The van der Waals surface area contributed by atoms with Crippen LogP contribution in [0.2, 0.25) is 5.02 Å². The van der Waals surface area contributed by atoms with Crippen LogP contribution in [0.25, 0.3) is 11.1 Å². The molecule has 1 aliphatic rings. The summed E-state index contributed by atoms with van der Waals surface area (Å²) in [7, 11) is 0. The van der Waals surface area contributed by atoms with Crippen molar-refractivity contribution < 1.29 is 9.53 Å². The van der Waals surface area contributed by atoms with Crippen LogP contribution in [0.4, 0.5) is 0 Å². The summed E-state index contributed by atoms with van der Waals surface area (Å²) < 4.78 is 5.65. The van der Waals surface area contributed by atoms with E-state index in [4.69, 9.17) is 22.1 Å². The summed E-state index contributed by atoms with van der Waals surface area (Å²) in [6, 6.07) is 15.6. The quantitative estimate of drug-likeness (QED) is 0.833. The number of carbonyl (C=O) groups is 1. The second-order valence-electron chi connectivity index (χ2n) is 6.88. The Labute approximate surface area is 165 Å². The van der Waals surface area contributed by atoms with Crippen LogP contribution in [-0.4, -0.2) is 37.0 Å². The van der Waals surface area contributed by atoms with Gasteiger partial charge in [0.2, 0.25) is 0 Å². The first kappa shape index (κ1) is 20.6. The maximum atomic E-state index is 12.3. The zero-order chi connectivity index (χ0) is 17.9. The van der Waals surface area contributed by atoms with E-state index in [2.05, 4.69) is 6.92 Å². The highest BCUT2D eigenvalue weighted by atomic mass is 35.5. The van der Waals surface area contributed by atoms with Crippen molar-refractivity contribution in [1.82, 2.24) is 4.90 Å². The van der Waals surface area contributed by atoms with Crippen LogP contribution in [0.1, 0.15) is 13.3 Å². The molecule has 3 rings (SSSR count). The van der Waals surface area contributed by atoms with Gasteiger partial charge in [-0.2, -0.15) is 0 Å². The molecule has 0 aromatic heterocycles. The molecule has 0 saturated carbocycles. The third kappa shape index (κ3) is 4.70. The van der Waals surface area contributed by atoms with E-state index in [0.29, 0.717) is 23.9 Å². The molecule has 0 bridgehead atoms. The van der Waals surface area contributed by atoms with Crippen molar-refractivity contribution in [2.45, 2.75) is 13.3 Å². The fraction of sp³-hybridized carbons (Fsp3) is 0.350. The topological polar surface area (TPSA) is 55.6 Å². The molecule has 2 aromatic carbocycles. The Morgan fingerprint density at radius 1 is 1.23 bits per heavy atom. The van der Waals surface area contributed by atoms with E-state index in [1.165, 1.54) is 0 Å². The number of hydrogen-bond donors (Lipinski definition) is 1. The van der Waals surface area contributed by atoms with Gasteiger partial charge in [-0.15, -0.1) is 12.4 Å². The van der Waals surface area contributed by atoms with E-state index < -0.39 is 0 Å². The van der Waals surface area contributed by atoms with Crippen LogP contribution in [-0.2, 0) is 4.79 Å². The second kappa shape index (κ2) is 8.76. The van der Waals surface area contributed by atoms with Gasteiger partial charge in [-0.25, -0.2) is 0 Å². The molecule has 6 heteroatoms. The van der Waals surface area contributed by atoms with Gasteiger partial charge in [0.25, 0.3) is 5.91 Å². The minimum absolute atomic E-state index is 0. The van der Waals surface area contributed by atoms with E-state index in [1.54, 1.807) is 0 Å². The maximum Gasteiger partial charge on any atom is 0.260 e. The van der Waals surface area contributed by atoms with Crippen LogP contribution < -0.4 is 10.5 Å². The van der Waals surface area contributed by atoms with Crippen LogP contribution in [0.15, 0.2) is 48.5 Å². The fourth-order valence-electron chi connectivity index (χ4n) is 3.06. The molecule has 1 amide bonds. The van der Waals surface area contributed by atoms with Crippen LogP contribution in [0.3, 0.4) is 0 Å². The van der Waals surface area contributed by atoms with Crippen LogP contribution in [0.5, 0.6) is 5.75 Å². The van der Waals surface area contributed by atoms with E-state index in [0.717, 1.165) is 24.1 Å². The smallest absolute Gasteiger partial charge is 0.260 e. The van der Waals surface area contributed by atoms with Crippen molar-refractivity contribution in [1.29, 1.82) is 0 Å². The lowest BCUT2D eigenvalue weighted by molar-refractivity contribution is -0.132. The highest BCUT2D eigenvalue weighted by Gasteiger charge is 2.34. The lowest BCUT2D eigenvalue weighted by Gasteiger charge is -2.22. The molecule has 140 valence electrons. The van der Waals surface area contributed by atoms with Gasteiger partial charge in [0.15, 0.2) is 6.61 Å². The molecule has 1 saturated heterocycles. The number of amides is 1. The van der Waals surface area contributed by atoms with E-state index in [-0.39, 0.29) is 30.3 Å². The SMILES string of the molecule is CC1(CN)CCN(C(=O)COc2ccc(-c3ccccc3)cc2Cl)C1.Cl. The van der Waals surface area contributed by atoms with Crippen molar-refractivity contribution in [3.05, 3.63) is 53.6 Å². The summed E-state index contributed by atoms with van der Waals surface area (Å²) in [6.07, 6.45) is 0.932. The van der Waals surface area contributed by atoms with Crippen molar-refractivity contribution in [3.8, 4) is 16.9 Å². The van der Waals surface area contributed by atoms with Gasteiger partial charge < -0.3 is 15.4 Å². The van der Waals surface area contributed by atoms with Crippen molar-refractivity contribution in [2.75, 3.05) is 26.2 Å². The molecule has 1 unspecified atom stereocenters. The molecule has 1 fully saturated rings. The summed E-state index contributed by atoms with van der Waals surface area (Å²) in [6.45, 7) is 4.11. The zero-order valence-corrected chi connectivity index (χ0v) is 16.4. The monoisotopic (exact) mass is 394 g/mol. The van der Waals surface area contributed by atoms with Crippen molar-refractivity contribution in [2.24, 2.45) is 11.1 Å². The van der Waals surface area contributed by atoms with E-state index in [1.807, 2.05) is 53.4 Å². The molecule has 1 aliphatic heterocycles. The Morgan fingerprint density at radius 2 is 1.96 bits per heavy atom. The van der Waals surface area contributed by atoms with E-state index >= 15 is 0 Å². The molecule has 1 heterocycles. The number of hydrogen-bond acceptors (Lipinski definition) is 3. The third-order valence-corrected chi connectivity index (χ3v) is 5.09. The minimum atomic E-state index is -0.0274. The Hall–Kier alpha value is -1.75. The van der Waals surface area contributed by atoms with E-state index in [9.17, 15) is 4.79 Å². The summed E-state index contributed by atoms with van der Waals surface area (Å²) in [5.41, 5.74) is 7.91. The number of nitrogens with two attached hydrogens (primary N) is 1. The molecule has 0 spiro atoms. The molecule has 2 aromatic rings. The van der Waals surface area contributed by atoms with Crippen molar-refractivity contribution in [3.63, 3.8) is 0 Å². The highest BCUT2D eigenvalue weighted by molar-refractivity contribution is 6.32. The summed E-state index contributed by atoms with van der Waals surface area (Å²) in [5, 5.41) is 0.502. The number of halogens is 2. The standard InChI is InChI=1S/C20H23ClN2O2.ClH/c1-20(13-22)9-10-23(14-20)19(24)12-25-18-8-7-16(11-17(18)21)15-5-3-2-4-6-15;/h2-8,11H,9-10,12-14,22H2,1H3;1H. The molecular formula is C20H24Cl2N2O2. The van der Waals surface area contributed by atoms with Crippen LogP contribution in [0, 0.1) is 5.41 Å². The maximum absolute atomic E-state index is 12.3. The molecule has 26 heavy (non-hydrogen) atoms. The number of rotatable bonds is 5. The van der Waals surface area contributed by atoms with Gasteiger partial charge in [-0.05, 0) is 41.6 Å². The second-order valence-corrected chi connectivity index (χ2v) is 7.29. The Kier molecular flexibility index (Phi) is 6.93. The Balaban J connectivity index is 0.00000243. The van der Waals surface area contributed by atoms with Gasteiger partial charge in [0.1, 0.15) is 5.75 Å². The number of nitrogens with zero attached hydrogens (tertiary/aromatic N) is 1. The summed E-state index contributed by atoms with van der Waals surface area (Å²) in [4.78, 5) is 14.2. The molecular weight excluding hydrogens is 371 g/mol. The summed E-state index contributed by atoms with van der Waals surface area (Å²) in [5.74, 6) is 0.496. The van der Waals surface area contributed by atoms with Gasteiger partial charge in [-0.3, -0.25) is 4.79 Å². The molecule has 1 atom stereocenters. The highest BCUT2D eigenvalue weighted by Crippen LogP contribution is 2.31. The number of likely N-dealkylation sites (tertiary alicyclic amines) is 1. The van der Waals surface area contributed by atoms with Crippen LogP contribution >= 0.6 is 24.0 Å². The van der Waals surface area contributed by atoms with Crippen molar-refractivity contribution >= 4 is 29.9 Å². The molecule has 0 aliphatic carbocycles. The summed E-state index contributed by atoms with van der Waals surface area (Å²) >= 11 is 6.32. The van der Waals surface area contributed by atoms with Gasteiger partial charge in [-0.1, -0.05) is 54.9 Å².